The Labute approximate surface area is 187 Å². The summed E-state index contributed by atoms with van der Waals surface area (Å²) in [5, 5.41) is 10.9. The van der Waals surface area contributed by atoms with Gasteiger partial charge in [-0.15, -0.1) is 0 Å². The maximum absolute atomic E-state index is 9.00. The van der Waals surface area contributed by atoms with Crippen molar-refractivity contribution >= 4 is 33.4 Å². The molecule has 0 aliphatic carbocycles. The van der Waals surface area contributed by atoms with Gasteiger partial charge in [-0.2, -0.15) is 0 Å². The molecule has 0 saturated heterocycles. The summed E-state index contributed by atoms with van der Waals surface area (Å²) in [6.45, 7) is 1.81. The van der Waals surface area contributed by atoms with E-state index in [9.17, 15) is 0 Å². The van der Waals surface area contributed by atoms with Crippen LogP contribution in [0.5, 0.6) is 0 Å². The van der Waals surface area contributed by atoms with Gasteiger partial charge in [0, 0.05) is 47.4 Å². The van der Waals surface area contributed by atoms with Crippen molar-refractivity contribution in [3.8, 4) is 11.4 Å². The number of nitrogens with zero attached hydrogens (tertiary/aromatic N) is 3. The van der Waals surface area contributed by atoms with Crippen LogP contribution in [0.3, 0.4) is 0 Å². The zero-order valence-corrected chi connectivity index (χ0v) is 18.0. The zero-order valence-electron chi connectivity index (χ0n) is 15.5. The number of rotatable bonds is 4. The topological polar surface area (TPSA) is 79.5 Å². The number of carboxylic acids is 1. The van der Waals surface area contributed by atoms with Crippen molar-refractivity contribution in [3.63, 3.8) is 0 Å². The summed E-state index contributed by atoms with van der Waals surface area (Å²) in [6, 6.07) is 20.2. The minimum Gasteiger partial charge on any atom is -0.481 e. The number of fused-ring (bicyclic) bond motifs is 1. The van der Waals surface area contributed by atoms with Gasteiger partial charge < -0.3 is 10.4 Å². The summed E-state index contributed by atoms with van der Waals surface area (Å²) in [5.41, 5.74) is 3.81. The normalized spacial score (nSPS) is 9.86. The molecule has 1 radical (unpaired) electrons. The number of aliphatic carboxylic acids is 1. The first-order valence-corrected chi connectivity index (χ1v) is 9.40. The van der Waals surface area contributed by atoms with Crippen LogP contribution < -0.4 is 5.32 Å². The molecule has 4 rings (SSSR count). The minimum atomic E-state index is -0.833. The molecule has 6 nitrogen and oxygen atoms in total. The Morgan fingerprint density at radius 2 is 1.79 bits per heavy atom. The monoisotopic (exact) mass is 501 g/mol. The molecule has 2 N–H and O–H groups in total. The van der Waals surface area contributed by atoms with Gasteiger partial charge in [0.1, 0.15) is 17.2 Å². The second kappa shape index (κ2) is 10.8. The van der Waals surface area contributed by atoms with E-state index in [1.165, 1.54) is 5.56 Å². The molecule has 0 fully saturated rings. The molecule has 29 heavy (non-hydrogen) atoms. The first-order valence-electron chi connectivity index (χ1n) is 8.61. The van der Waals surface area contributed by atoms with Crippen molar-refractivity contribution in [3.05, 3.63) is 83.1 Å². The van der Waals surface area contributed by atoms with Gasteiger partial charge in [0.05, 0.1) is 5.69 Å². The van der Waals surface area contributed by atoms with E-state index in [-0.39, 0.29) is 17.1 Å². The van der Waals surface area contributed by atoms with E-state index >= 15 is 0 Å². The number of halogens is 1. The predicted octanol–water partition coefficient (Wildman–Crippen LogP) is 4.86. The smallest absolute Gasteiger partial charge is 0.300 e. The molecule has 3 heterocycles. The van der Waals surface area contributed by atoms with E-state index in [2.05, 4.69) is 42.8 Å². The van der Waals surface area contributed by atoms with Crippen molar-refractivity contribution in [1.29, 1.82) is 0 Å². The van der Waals surface area contributed by atoms with Crippen LogP contribution >= 0.6 is 15.9 Å². The fraction of sp³-hybridized carbons (Fsp3) is 0.0952. The van der Waals surface area contributed by atoms with Gasteiger partial charge in [-0.1, -0.05) is 36.4 Å². The number of hydrogen-bond donors (Lipinski definition) is 2. The third-order valence-corrected chi connectivity index (χ3v) is 4.26. The molecular weight excluding hydrogens is 484 g/mol. The van der Waals surface area contributed by atoms with Gasteiger partial charge in [-0.3, -0.25) is 14.2 Å². The molecule has 0 unspecified atom stereocenters. The van der Waals surface area contributed by atoms with Crippen molar-refractivity contribution in [2.45, 2.75) is 13.5 Å². The second-order valence-electron chi connectivity index (χ2n) is 5.96. The third-order valence-electron chi connectivity index (χ3n) is 3.79. The van der Waals surface area contributed by atoms with Crippen LogP contribution in [0.25, 0.3) is 17.0 Å². The predicted molar refractivity (Wildman–Crippen MR) is 113 cm³/mol. The average Bonchev–Trinajstić information content (AvgIpc) is 3.05. The molecule has 1 aromatic carbocycles. The van der Waals surface area contributed by atoms with E-state index in [1.807, 2.05) is 54.7 Å². The summed E-state index contributed by atoms with van der Waals surface area (Å²) in [4.78, 5) is 18.2. The molecular formula is C21H19BrCuN4O2. The second-order valence-corrected chi connectivity index (χ2v) is 6.87. The Balaban J connectivity index is 0.000000552. The first kappa shape index (κ1) is 22.6. The molecule has 0 spiro atoms. The number of pyridine rings is 2. The number of benzene rings is 1. The number of imidazole rings is 1. The summed E-state index contributed by atoms with van der Waals surface area (Å²) in [7, 11) is 0. The van der Waals surface area contributed by atoms with Crippen molar-refractivity contribution in [1.82, 2.24) is 14.4 Å². The van der Waals surface area contributed by atoms with E-state index in [0.717, 1.165) is 40.8 Å². The van der Waals surface area contributed by atoms with Gasteiger partial charge in [-0.05, 0) is 45.8 Å². The molecule has 8 heteroatoms. The van der Waals surface area contributed by atoms with Gasteiger partial charge in [0.15, 0.2) is 0 Å². The average molecular weight is 503 g/mol. The Morgan fingerprint density at radius 1 is 1.10 bits per heavy atom. The quantitative estimate of drug-likeness (QED) is 0.390. The van der Waals surface area contributed by atoms with Crippen LogP contribution in [0, 0.1) is 0 Å². The van der Waals surface area contributed by atoms with Gasteiger partial charge in [-0.25, -0.2) is 4.98 Å². The van der Waals surface area contributed by atoms with Crippen LogP contribution in [0.1, 0.15) is 12.5 Å². The SMILES string of the molecule is Brc1ccc2nc(-c3ccccn3)c(NCc3ccccc3)n2c1.CC(=O)O.[Cu]. The molecule has 0 aliphatic rings. The van der Waals surface area contributed by atoms with Gasteiger partial charge in [0.2, 0.25) is 0 Å². The molecule has 0 bridgehead atoms. The maximum Gasteiger partial charge on any atom is 0.300 e. The molecule has 3 aromatic heterocycles. The number of hydrogen-bond acceptors (Lipinski definition) is 4. The maximum atomic E-state index is 9.00. The molecule has 4 aromatic rings. The van der Waals surface area contributed by atoms with Crippen LogP contribution in [-0.2, 0) is 28.4 Å². The molecule has 0 amide bonds. The van der Waals surface area contributed by atoms with Crippen LogP contribution in [-0.4, -0.2) is 25.4 Å². The molecule has 153 valence electrons. The van der Waals surface area contributed by atoms with Crippen LogP contribution in [0.15, 0.2) is 77.5 Å². The van der Waals surface area contributed by atoms with Gasteiger partial charge >= 0.3 is 0 Å². The summed E-state index contributed by atoms with van der Waals surface area (Å²) < 4.78 is 3.06. The number of carboxylic acid groups (broad SMARTS) is 1. The summed E-state index contributed by atoms with van der Waals surface area (Å²) in [5.74, 6) is 0.105. The Kier molecular flexibility index (Phi) is 8.39. The van der Waals surface area contributed by atoms with E-state index < -0.39 is 5.97 Å². The van der Waals surface area contributed by atoms with Crippen LogP contribution in [0.4, 0.5) is 5.82 Å². The van der Waals surface area contributed by atoms with Crippen molar-refractivity contribution in [2.24, 2.45) is 0 Å². The van der Waals surface area contributed by atoms with Crippen molar-refractivity contribution < 1.29 is 27.0 Å². The Bertz CT molecular complexity index is 1070. The first-order chi connectivity index (χ1) is 13.5. The number of aromatic nitrogens is 3. The molecule has 0 atom stereocenters. The number of nitrogens with one attached hydrogen (secondary N) is 1. The largest absolute Gasteiger partial charge is 0.481 e. The van der Waals surface area contributed by atoms with Crippen molar-refractivity contribution in [2.75, 3.05) is 5.32 Å². The molecule has 0 aliphatic heterocycles. The molecule has 0 saturated carbocycles. The van der Waals surface area contributed by atoms with E-state index in [4.69, 9.17) is 14.9 Å². The Hall–Kier alpha value is -2.67. The zero-order chi connectivity index (χ0) is 19.9. The third kappa shape index (κ3) is 6.15. The standard InChI is InChI=1S/C19H15BrN4.C2H4O2.Cu/c20-15-9-10-17-23-18(16-8-4-5-11-21-16)19(24(17)13-15)22-12-14-6-2-1-3-7-14;1-2(3)4;/h1-11,13,22H,12H2;1H3,(H,3,4);. The summed E-state index contributed by atoms with van der Waals surface area (Å²) >= 11 is 3.54. The Morgan fingerprint density at radius 3 is 2.45 bits per heavy atom. The fourth-order valence-electron chi connectivity index (χ4n) is 2.65. The fourth-order valence-corrected chi connectivity index (χ4v) is 2.99. The van der Waals surface area contributed by atoms with E-state index in [1.54, 1.807) is 6.20 Å². The number of anilines is 1. The minimum absolute atomic E-state index is 0. The van der Waals surface area contributed by atoms with Gasteiger partial charge in [0.25, 0.3) is 5.97 Å². The van der Waals surface area contributed by atoms with Crippen LogP contribution in [0.2, 0.25) is 0 Å². The summed E-state index contributed by atoms with van der Waals surface area (Å²) in [6.07, 6.45) is 3.80. The van der Waals surface area contributed by atoms with E-state index in [0.29, 0.717) is 0 Å². The number of carbonyl (C=O) groups is 1.